The number of hydrogen-bond acceptors (Lipinski definition) is 3. The highest BCUT2D eigenvalue weighted by Gasteiger charge is 2.30. The van der Waals surface area contributed by atoms with E-state index < -0.39 is 12.4 Å². The van der Waals surface area contributed by atoms with Crippen LogP contribution in [-0.4, -0.2) is 21.1 Å². The predicted molar refractivity (Wildman–Crippen MR) is 105 cm³/mol. The summed E-state index contributed by atoms with van der Waals surface area (Å²) in [4.78, 5) is 18.4. The molecule has 0 amide bonds. The van der Waals surface area contributed by atoms with Crippen molar-refractivity contribution in [3.05, 3.63) is 82.3 Å². The van der Waals surface area contributed by atoms with E-state index in [1.807, 2.05) is 4.57 Å². The number of aromatic nitrogens is 3. The van der Waals surface area contributed by atoms with Gasteiger partial charge in [-0.3, -0.25) is 4.79 Å². The minimum Gasteiger partial charge on any atom is -0.434 e. The van der Waals surface area contributed by atoms with E-state index in [4.69, 9.17) is 4.74 Å². The Labute approximate surface area is 168 Å². The van der Waals surface area contributed by atoms with E-state index in [1.165, 1.54) is 24.4 Å². The highest BCUT2D eigenvalue weighted by molar-refractivity contribution is 5.83. The number of ether oxygens (including phenoxy) is 1. The van der Waals surface area contributed by atoms with Gasteiger partial charge in [-0.2, -0.15) is 8.78 Å². The van der Waals surface area contributed by atoms with E-state index in [2.05, 4.69) is 9.97 Å². The summed E-state index contributed by atoms with van der Waals surface area (Å²) in [5.41, 5.74) is 2.39. The van der Waals surface area contributed by atoms with Gasteiger partial charge >= 0.3 is 6.61 Å². The van der Waals surface area contributed by atoms with Crippen molar-refractivity contribution in [1.29, 1.82) is 0 Å². The second-order valence-corrected chi connectivity index (χ2v) is 7.13. The smallest absolute Gasteiger partial charge is 0.387 e. The monoisotopic (exact) mass is 411 g/mol. The first kappa shape index (κ1) is 18.5. The number of fused-ring (bicyclic) bond motifs is 3. The Morgan fingerprint density at radius 1 is 1.17 bits per heavy atom. The summed E-state index contributed by atoms with van der Waals surface area (Å²) in [6, 6.07) is 12.4. The Morgan fingerprint density at radius 2 is 2.00 bits per heavy atom. The summed E-state index contributed by atoms with van der Waals surface area (Å²) in [6.07, 6.45) is 2.77. The van der Waals surface area contributed by atoms with Gasteiger partial charge in [-0.1, -0.05) is 18.2 Å². The summed E-state index contributed by atoms with van der Waals surface area (Å²) in [5.74, 6) is 0.430. The van der Waals surface area contributed by atoms with Crippen molar-refractivity contribution < 1.29 is 17.9 Å². The van der Waals surface area contributed by atoms with Crippen molar-refractivity contribution >= 4 is 11.0 Å². The van der Waals surface area contributed by atoms with Gasteiger partial charge in [0.1, 0.15) is 17.4 Å². The van der Waals surface area contributed by atoms with Crippen LogP contribution in [0.5, 0.6) is 5.75 Å². The molecule has 1 aliphatic rings. The first-order valence-electron chi connectivity index (χ1n) is 9.44. The molecular formula is C22H16F3N3O2. The van der Waals surface area contributed by atoms with Crippen molar-refractivity contribution in [2.24, 2.45) is 0 Å². The Balaban J connectivity index is 1.66. The highest BCUT2D eigenvalue weighted by atomic mass is 19.3. The molecule has 0 spiro atoms. The molecule has 0 unspecified atom stereocenters. The molecule has 0 bridgehead atoms. The lowest BCUT2D eigenvalue weighted by Gasteiger charge is -2.19. The molecule has 0 saturated carbocycles. The fourth-order valence-electron chi connectivity index (χ4n) is 4.14. The van der Waals surface area contributed by atoms with Crippen LogP contribution in [0.4, 0.5) is 13.2 Å². The molecule has 0 fully saturated rings. The number of aromatic amines is 1. The second kappa shape index (κ2) is 7.05. The molecule has 2 aromatic carbocycles. The van der Waals surface area contributed by atoms with Crippen LogP contribution in [0.1, 0.15) is 23.9 Å². The van der Waals surface area contributed by atoms with E-state index in [0.717, 1.165) is 5.82 Å². The van der Waals surface area contributed by atoms with Crippen LogP contribution in [-0.2, 0) is 6.42 Å². The Kier molecular flexibility index (Phi) is 4.34. The van der Waals surface area contributed by atoms with Gasteiger partial charge in [0, 0.05) is 41.4 Å². The summed E-state index contributed by atoms with van der Waals surface area (Å²) in [5, 5.41) is 0. The maximum atomic E-state index is 14.8. The summed E-state index contributed by atoms with van der Waals surface area (Å²) < 4.78 is 47.2. The quantitative estimate of drug-likeness (QED) is 0.531. The zero-order valence-electron chi connectivity index (χ0n) is 15.6. The Morgan fingerprint density at radius 3 is 2.77 bits per heavy atom. The van der Waals surface area contributed by atoms with Gasteiger partial charge < -0.3 is 14.3 Å². The molecule has 30 heavy (non-hydrogen) atoms. The average Bonchev–Trinajstić information content (AvgIpc) is 3.27. The minimum absolute atomic E-state index is 0.121. The average molecular weight is 411 g/mol. The third-order valence-electron chi connectivity index (χ3n) is 5.39. The molecule has 5 nitrogen and oxygen atoms in total. The topological polar surface area (TPSA) is 59.9 Å². The standard InChI is InChI=1S/C22H16F3N3O2/c23-15-10-16-18(9-14(15)12-5-8-21(29)26-11-12)28-17(6-7-20(28)27-16)13-3-1-2-4-19(13)30-22(24)25/h1-5,8-11,17,22H,6-7H2,(H,26,29)/t17-/m1/s1. The van der Waals surface area contributed by atoms with Crippen LogP contribution in [0, 0.1) is 5.82 Å². The number of hydrogen-bond donors (Lipinski definition) is 1. The lowest BCUT2D eigenvalue weighted by molar-refractivity contribution is -0.0506. The van der Waals surface area contributed by atoms with Gasteiger partial charge in [-0.05, 0) is 24.6 Å². The van der Waals surface area contributed by atoms with Gasteiger partial charge in [-0.15, -0.1) is 0 Å². The number of benzene rings is 2. The molecule has 152 valence electrons. The molecule has 0 aliphatic carbocycles. The van der Waals surface area contributed by atoms with Crippen LogP contribution < -0.4 is 10.3 Å². The third kappa shape index (κ3) is 3.04. The summed E-state index contributed by atoms with van der Waals surface area (Å²) in [7, 11) is 0. The number of rotatable bonds is 4. The molecule has 8 heteroatoms. The van der Waals surface area contributed by atoms with Crippen molar-refractivity contribution in [2.45, 2.75) is 25.5 Å². The number of halogens is 3. The molecule has 1 atom stereocenters. The van der Waals surface area contributed by atoms with Gasteiger partial charge in [0.2, 0.25) is 5.56 Å². The molecule has 5 rings (SSSR count). The first-order valence-corrected chi connectivity index (χ1v) is 9.44. The molecule has 4 aromatic rings. The van der Waals surface area contributed by atoms with Crippen molar-refractivity contribution in [2.75, 3.05) is 0 Å². The van der Waals surface area contributed by atoms with Crippen LogP contribution in [0.25, 0.3) is 22.2 Å². The molecule has 0 saturated heterocycles. The van der Waals surface area contributed by atoms with Gasteiger partial charge in [0.25, 0.3) is 0 Å². The predicted octanol–water partition coefficient (Wildman–Crippen LogP) is 4.67. The molecule has 1 aliphatic heterocycles. The van der Waals surface area contributed by atoms with Crippen molar-refractivity contribution in [1.82, 2.24) is 14.5 Å². The summed E-state index contributed by atoms with van der Waals surface area (Å²) >= 11 is 0. The molecular weight excluding hydrogens is 395 g/mol. The summed E-state index contributed by atoms with van der Waals surface area (Å²) in [6.45, 7) is -2.92. The maximum Gasteiger partial charge on any atom is 0.387 e. The SMILES string of the molecule is O=c1ccc(-c2cc3c(cc2F)nc2n3[C@@H](c3ccccc3OC(F)F)CC2)c[nH]1. The molecule has 2 aromatic heterocycles. The van der Waals surface area contributed by atoms with Crippen LogP contribution in [0.3, 0.4) is 0 Å². The zero-order chi connectivity index (χ0) is 20.8. The molecule has 3 heterocycles. The Hall–Kier alpha value is -3.55. The fourth-order valence-corrected chi connectivity index (χ4v) is 4.14. The first-order chi connectivity index (χ1) is 14.5. The van der Waals surface area contributed by atoms with E-state index in [1.54, 1.807) is 30.3 Å². The number of pyridine rings is 1. The fraction of sp³-hybridized carbons (Fsp3) is 0.182. The zero-order valence-corrected chi connectivity index (χ0v) is 15.6. The van der Waals surface area contributed by atoms with Crippen LogP contribution in [0.2, 0.25) is 0 Å². The van der Waals surface area contributed by atoms with E-state index in [9.17, 15) is 18.0 Å². The number of para-hydroxylation sites is 1. The number of aryl methyl sites for hydroxylation is 1. The normalized spacial score (nSPS) is 15.7. The minimum atomic E-state index is -2.92. The number of alkyl halides is 2. The lowest BCUT2D eigenvalue weighted by atomic mass is 10.0. The molecule has 0 radical (unpaired) electrons. The maximum absolute atomic E-state index is 14.8. The van der Waals surface area contributed by atoms with Crippen LogP contribution >= 0.6 is 0 Å². The third-order valence-corrected chi connectivity index (χ3v) is 5.39. The van der Waals surface area contributed by atoms with Gasteiger partial charge in [0.15, 0.2) is 0 Å². The van der Waals surface area contributed by atoms with Gasteiger partial charge in [0.05, 0.1) is 17.1 Å². The number of nitrogens with zero attached hydrogens (tertiary/aromatic N) is 2. The van der Waals surface area contributed by atoms with E-state index in [-0.39, 0.29) is 17.4 Å². The second-order valence-electron chi connectivity index (χ2n) is 7.13. The van der Waals surface area contributed by atoms with Gasteiger partial charge in [-0.25, -0.2) is 9.37 Å². The Bertz CT molecular complexity index is 1290. The number of nitrogens with one attached hydrogen (secondary N) is 1. The number of H-pyrrole nitrogens is 1. The lowest BCUT2D eigenvalue weighted by Crippen LogP contribution is -2.10. The molecule has 1 N–H and O–H groups in total. The largest absolute Gasteiger partial charge is 0.434 e. The van der Waals surface area contributed by atoms with Crippen molar-refractivity contribution in [3.63, 3.8) is 0 Å². The highest BCUT2D eigenvalue weighted by Crippen LogP contribution is 2.40. The van der Waals surface area contributed by atoms with E-state index in [0.29, 0.717) is 40.6 Å². The van der Waals surface area contributed by atoms with E-state index >= 15 is 0 Å². The van der Waals surface area contributed by atoms with Crippen LogP contribution in [0.15, 0.2) is 59.5 Å². The van der Waals surface area contributed by atoms with Crippen molar-refractivity contribution in [3.8, 4) is 16.9 Å². The number of imidazole rings is 1.